The first-order valence-corrected chi connectivity index (χ1v) is 9.92. The zero-order valence-corrected chi connectivity index (χ0v) is 14.7. The maximum Gasteiger partial charge on any atom is 0.407 e. The molecule has 1 atom stereocenters. The number of ether oxygens (including phenoxy) is 2. The summed E-state index contributed by atoms with van der Waals surface area (Å²) in [6.45, 7) is 3.07. The Bertz CT molecular complexity index is 387. The van der Waals surface area contributed by atoms with Crippen molar-refractivity contribution in [1.82, 2.24) is 5.32 Å². The first-order chi connectivity index (χ1) is 9.60. The molecule has 0 aliphatic heterocycles. The van der Waals surface area contributed by atoms with Gasteiger partial charge in [-0.2, -0.15) is 0 Å². The fourth-order valence-electron chi connectivity index (χ4n) is 1.75. The molecule has 0 aromatic carbocycles. The van der Waals surface area contributed by atoms with Crippen LogP contribution in [0.2, 0.25) is 0 Å². The van der Waals surface area contributed by atoms with E-state index in [2.05, 4.69) is 38.2 Å². The lowest BCUT2D eigenvalue weighted by Crippen LogP contribution is -2.26. The molecule has 0 aromatic heterocycles. The predicted octanol–water partition coefficient (Wildman–Crippen LogP) is 3.43. The van der Waals surface area contributed by atoms with E-state index in [4.69, 9.17) is 4.74 Å². The van der Waals surface area contributed by atoms with Crippen LogP contribution in [0.5, 0.6) is 0 Å². The molecule has 0 aromatic rings. The molecule has 5 nitrogen and oxygen atoms in total. The van der Waals surface area contributed by atoms with Crippen molar-refractivity contribution in [3.8, 4) is 0 Å². The summed E-state index contributed by atoms with van der Waals surface area (Å²) >= 11 is 2.24. The molecule has 1 rings (SSSR count). The van der Waals surface area contributed by atoms with Crippen LogP contribution in [0.25, 0.3) is 0 Å². The van der Waals surface area contributed by atoms with Gasteiger partial charge >= 0.3 is 12.1 Å². The molecule has 20 heavy (non-hydrogen) atoms. The summed E-state index contributed by atoms with van der Waals surface area (Å²) in [5.41, 5.74) is 1.32. The van der Waals surface area contributed by atoms with E-state index in [1.807, 2.05) is 0 Å². The van der Waals surface area contributed by atoms with Gasteiger partial charge in [-0.1, -0.05) is 20.9 Å². The van der Waals surface area contributed by atoms with Gasteiger partial charge in [0.1, 0.15) is 6.61 Å². The fourth-order valence-corrected chi connectivity index (χ4v) is 4.27. The number of amides is 1. The molecular formula is C13H20INO4S. The smallest absolute Gasteiger partial charge is 0.407 e. The van der Waals surface area contributed by atoms with E-state index < -0.39 is 0 Å². The quantitative estimate of drug-likeness (QED) is 0.357. The predicted molar refractivity (Wildman–Crippen MR) is 87.6 cm³/mol. The summed E-state index contributed by atoms with van der Waals surface area (Å²) in [4.78, 5) is 23.6. The third-order valence-corrected chi connectivity index (χ3v) is 5.36. The lowest BCUT2D eigenvalue weighted by molar-refractivity contribution is -0.140. The minimum absolute atomic E-state index is 0.186. The van der Waals surface area contributed by atoms with Crippen molar-refractivity contribution in [3.63, 3.8) is 0 Å². The van der Waals surface area contributed by atoms with Crippen LogP contribution in [-0.4, -0.2) is 32.3 Å². The average Bonchev–Trinajstić information content (AvgIpc) is 3.08. The van der Waals surface area contributed by atoms with Gasteiger partial charge in [0, 0.05) is 45.0 Å². The number of hydrogen-bond acceptors (Lipinski definition) is 5. The molecule has 0 bridgehead atoms. The molecule has 0 saturated carbocycles. The summed E-state index contributed by atoms with van der Waals surface area (Å²) in [7, 11) is 3.08. The van der Waals surface area contributed by atoms with Gasteiger partial charge in [-0.15, -0.1) is 0 Å². The van der Waals surface area contributed by atoms with E-state index in [9.17, 15) is 9.59 Å². The van der Waals surface area contributed by atoms with Crippen molar-refractivity contribution in [2.45, 2.75) is 32.6 Å². The van der Waals surface area contributed by atoms with Gasteiger partial charge < -0.3 is 14.8 Å². The average molecular weight is 413 g/mol. The molecule has 1 aliphatic rings. The lowest BCUT2D eigenvalue weighted by Gasteiger charge is -2.07. The van der Waals surface area contributed by atoms with E-state index in [0.29, 0.717) is 25.5 Å². The largest absolute Gasteiger partial charge is 0.469 e. The number of alkyl carbamates (subject to hydrolysis) is 1. The first kappa shape index (κ1) is 17.6. The number of methoxy groups -OCH3 is 1. The summed E-state index contributed by atoms with van der Waals surface area (Å²) < 4.78 is 9.69. The van der Waals surface area contributed by atoms with Crippen LogP contribution in [0.15, 0.2) is 10.5 Å². The van der Waals surface area contributed by atoms with Gasteiger partial charge in [0.05, 0.1) is 7.11 Å². The van der Waals surface area contributed by atoms with Crippen molar-refractivity contribution < 1.29 is 19.1 Å². The van der Waals surface area contributed by atoms with Crippen molar-refractivity contribution in [2.75, 3.05) is 20.3 Å². The van der Waals surface area contributed by atoms with Crippen molar-refractivity contribution in [2.24, 2.45) is 5.92 Å². The Morgan fingerprint density at radius 2 is 2.10 bits per heavy atom. The van der Waals surface area contributed by atoms with Gasteiger partial charge in [-0.3, -0.25) is 4.79 Å². The standard InChI is InChI=1S/C13H20INO4S/c1-9-10(12(9)20-14)8-19-13(17)15-7-5-3-4-6-11(16)18-2/h10H,3-8H2,1-2H3,(H,15,17). The molecule has 7 heteroatoms. The second-order valence-electron chi connectivity index (χ2n) is 4.59. The Labute approximate surface area is 135 Å². The SMILES string of the molecule is COC(=O)CCCCCNC(=O)OCC1C(C)=C1SI. The summed E-state index contributed by atoms with van der Waals surface area (Å²) in [5, 5.41) is 2.71. The van der Waals surface area contributed by atoms with E-state index in [-0.39, 0.29) is 12.1 Å². The molecule has 0 fully saturated rings. The van der Waals surface area contributed by atoms with Gasteiger partial charge in [0.25, 0.3) is 0 Å². The summed E-state index contributed by atoms with van der Waals surface area (Å²) in [6, 6.07) is 0. The molecule has 0 spiro atoms. The highest BCUT2D eigenvalue weighted by atomic mass is 127. The monoisotopic (exact) mass is 413 g/mol. The maximum atomic E-state index is 11.4. The van der Waals surface area contributed by atoms with Gasteiger partial charge in [-0.25, -0.2) is 4.79 Å². The molecule has 0 heterocycles. The van der Waals surface area contributed by atoms with Crippen molar-refractivity contribution >= 4 is 42.2 Å². The normalized spacial score (nSPS) is 16.9. The highest BCUT2D eigenvalue weighted by Crippen LogP contribution is 2.49. The minimum atomic E-state index is -0.365. The number of rotatable bonds is 9. The zero-order valence-electron chi connectivity index (χ0n) is 11.7. The number of carbonyl (C=O) groups is 2. The molecular weight excluding hydrogens is 393 g/mol. The number of nitrogens with one attached hydrogen (secondary N) is 1. The fraction of sp³-hybridized carbons (Fsp3) is 0.692. The molecule has 0 saturated heterocycles. The molecule has 1 aliphatic carbocycles. The van der Waals surface area contributed by atoms with Crippen LogP contribution < -0.4 is 5.32 Å². The Morgan fingerprint density at radius 1 is 1.35 bits per heavy atom. The van der Waals surface area contributed by atoms with Gasteiger partial charge in [0.15, 0.2) is 0 Å². The minimum Gasteiger partial charge on any atom is -0.469 e. The molecule has 1 N–H and O–H groups in total. The Kier molecular flexibility index (Phi) is 8.35. The Morgan fingerprint density at radius 3 is 2.70 bits per heavy atom. The van der Waals surface area contributed by atoms with E-state index >= 15 is 0 Å². The van der Waals surface area contributed by atoms with Crippen LogP contribution in [-0.2, 0) is 14.3 Å². The number of esters is 1. The zero-order chi connectivity index (χ0) is 15.0. The molecule has 1 unspecified atom stereocenters. The van der Waals surface area contributed by atoms with E-state index in [1.54, 1.807) is 8.93 Å². The second kappa shape index (κ2) is 9.49. The van der Waals surface area contributed by atoms with Crippen LogP contribution in [0.3, 0.4) is 0 Å². The Hall–Kier alpha value is -0.440. The van der Waals surface area contributed by atoms with E-state index in [0.717, 1.165) is 19.3 Å². The summed E-state index contributed by atoms with van der Waals surface area (Å²) in [6.07, 6.45) is 2.57. The maximum absolute atomic E-state index is 11.4. The third-order valence-electron chi connectivity index (χ3n) is 3.16. The van der Waals surface area contributed by atoms with Crippen molar-refractivity contribution in [1.29, 1.82) is 0 Å². The van der Waals surface area contributed by atoms with Gasteiger partial charge in [-0.05, 0) is 19.8 Å². The van der Waals surface area contributed by atoms with Crippen molar-refractivity contribution in [3.05, 3.63) is 10.5 Å². The Balaban J connectivity index is 1.92. The van der Waals surface area contributed by atoms with Gasteiger partial charge in [0.2, 0.25) is 0 Å². The number of carbonyl (C=O) groups excluding carboxylic acids is 2. The van der Waals surface area contributed by atoms with Crippen LogP contribution in [0, 0.1) is 5.92 Å². The number of hydrogen-bond donors (Lipinski definition) is 1. The van der Waals surface area contributed by atoms with Crippen LogP contribution in [0.4, 0.5) is 4.79 Å². The molecule has 1 amide bonds. The van der Waals surface area contributed by atoms with Crippen LogP contribution in [0.1, 0.15) is 32.6 Å². The second-order valence-corrected chi connectivity index (χ2v) is 6.50. The summed E-state index contributed by atoms with van der Waals surface area (Å²) in [5.74, 6) is 0.149. The topological polar surface area (TPSA) is 64.6 Å². The van der Waals surface area contributed by atoms with Crippen LogP contribution >= 0.6 is 30.1 Å². The first-order valence-electron chi connectivity index (χ1n) is 6.56. The highest BCUT2D eigenvalue weighted by Gasteiger charge is 2.33. The van der Waals surface area contributed by atoms with E-state index in [1.165, 1.54) is 17.6 Å². The molecule has 0 radical (unpaired) electrons. The highest BCUT2D eigenvalue weighted by molar-refractivity contribution is 14.2. The lowest BCUT2D eigenvalue weighted by atomic mass is 10.2. The number of halogens is 1. The molecule has 114 valence electrons. The number of unbranched alkanes of at least 4 members (excludes halogenated alkanes) is 2. The third kappa shape index (κ3) is 6.34.